The van der Waals surface area contributed by atoms with E-state index in [4.69, 9.17) is 9.84 Å². The van der Waals surface area contributed by atoms with Gasteiger partial charge in [-0.15, -0.1) is 0 Å². The van der Waals surface area contributed by atoms with E-state index in [0.29, 0.717) is 24.4 Å². The molecule has 0 aliphatic rings. The Morgan fingerprint density at radius 2 is 2.10 bits per heavy atom. The molecule has 6 nitrogen and oxygen atoms in total. The number of anilines is 1. The van der Waals surface area contributed by atoms with E-state index < -0.39 is 0 Å². The summed E-state index contributed by atoms with van der Waals surface area (Å²) >= 11 is 0. The van der Waals surface area contributed by atoms with Crippen molar-refractivity contribution < 1.29 is 19.4 Å². The van der Waals surface area contributed by atoms with E-state index in [-0.39, 0.29) is 25.0 Å². The fourth-order valence-corrected chi connectivity index (χ4v) is 1.66. The van der Waals surface area contributed by atoms with E-state index in [0.717, 1.165) is 0 Å². The number of ether oxygens (including phenoxy) is 1. The van der Waals surface area contributed by atoms with Gasteiger partial charge in [-0.3, -0.25) is 4.79 Å². The van der Waals surface area contributed by atoms with Crippen LogP contribution in [0.1, 0.15) is 17.3 Å². The summed E-state index contributed by atoms with van der Waals surface area (Å²) in [5, 5.41) is 11.7. The predicted molar refractivity (Wildman–Crippen MR) is 76.0 cm³/mol. The van der Waals surface area contributed by atoms with E-state index in [1.165, 1.54) is 11.8 Å². The number of aliphatic hydroxyl groups excluding tert-OH is 1. The number of benzene rings is 1. The Kier molecular flexibility index (Phi) is 6.69. The molecule has 0 saturated heterocycles. The van der Waals surface area contributed by atoms with E-state index in [2.05, 4.69) is 5.32 Å². The quantitative estimate of drug-likeness (QED) is 0.739. The Morgan fingerprint density at radius 1 is 1.35 bits per heavy atom. The number of carbonyl (C=O) groups excluding carboxylic acids is 2. The molecule has 0 fully saturated rings. The van der Waals surface area contributed by atoms with Crippen LogP contribution in [0.4, 0.5) is 10.5 Å². The number of aliphatic hydroxyl groups is 1. The van der Waals surface area contributed by atoms with Crippen LogP contribution >= 0.6 is 0 Å². The summed E-state index contributed by atoms with van der Waals surface area (Å²) in [5.41, 5.74) is 1.08. The SMILES string of the molecule is COCCN(CCO)C(=O)Nc1cccc(C(C)=O)c1. The van der Waals surface area contributed by atoms with Crippen molar-refractivity contribution in [3.8, 4) is 0 Å². The van der Waals surface area contributed by atoms with Gasteiger partial charge in [0.2, 0.25) is 0 Å². The summed E-state index contributed by atoms with van der Waals surface area (Å²) in [7, 11) is 1.55. The summed E-state index contributed by atoms with van der Waals surface area (Å²) in [5.74, 6) is -0.0623. The van der Waals surface area contributed by atoms with Crippen molar-refractivity contribution in [2.75, 3.05) is 38.7 Å². The van der Waals surface area contributed by atoms with E-state index in [1.807, 2.05) is 0 Å². The number of urea groups is 1. The standard InChI is InChI=1S/C14H20N2O4/c1-11(18)12-4-3-5-13(10-12)15-14(19)16(6-8-17)7-9-20-2/h3-5,10,17H,6-9H2,1-2H3,(H,15,19). The van der Waals surface area contributed by atoms with Crippen molar-refractivity contribution in [2.45, 2.75) is 6.92 Å². The third kappa shape index (κ3) is 4.99. The van der Waals surface area contributed by atoms with E-state index >= 15 is 0 Å². The van der Waals surface area contributed by atoms with Crippen LogP contribution in [0.25, 0.3) is 0 Å². The van der Waals surface area contributed by atoms with Gasteiger partial charge in [-0.05, 0) is 19.1 Å². The maximum absolute atomic E-state index is 12.1. The van der Waals surface area contributed by atoms with Crippen LogP contribution in [0, 0.1) is 0 Å². The minimum atomic E-state index is -0.336. The third-order valence-corrected chi connectivity index (χ3v) is 2.74. The summed E-state index contributed by atoms with van der Waals surface area (Å²) < 4.78 is 4.92. The lowest BCUT2D eigenvalue weighted by atomic mass is 10.1. The molecular weight excluding hydrogens is 260 g/mol. The number of rotatable bonds is 7. The smallest absolute Gasteiger partial charge is 0.321 e. The highest BCUT2D eigenvalue weighted by molar-refractivity contribution is 5.96. The Hall–Kier alpha value is -1.92. The van der Waals surface area contributed by atoms with E-state index in [1.54, 1.807) is 31.4 Å². The average Bonchev–Trinajstić information content (AvgIpc) is 2.43. The number of hydrogen-bond donors (Lipinski definition) is 2. The normalized spacial score (nSPS) is 10.2. The molecule has 0 bridgehead atoms. The first-order valence-electron chi connectivity index (χ1n) is 6.35. The molecule has 2 N–H and O–H groups in total. The highest BCUT2D eigenvalue weighted by Gasteiger charge is 2.13. The first-order chi connectivity index (χ1) is 9.58. The second-order valence-corrected chi connectivity index (χ2v) is 4.27. The molecule has 6 heteroatoms. The highest BCUT2D eigenvalue weighted by atomic mass is 16.5. The molecule has 1 aromatic carbocycles. The van der Waals surface area contributed by atoms with Crippen molar-refractivity contribution >= 4 is 17.5 Å². The Balaban J connectivity index is 2.71. The zero-order valence-corrected chi connectivity index (χ0v) is 11.8. The van der Waals surface area contributed by atoms with Gasteiger partial charge in [0.05, 0.1) is 13.2 Å². The Morgan fingerprint density at radius 3 is 2.70 bits per heavy atom. The number of Topliss-reactive ketones (excluding diaryl/α,β-unsaturated/α-hetero) is 1. The summed E-state index contributed by atoms with van der Waals surface area (Å²) in [6, 6.07) is 6.38. The van der Waals surface area contributed by atoms with Gasteiger partial charge < -0.3 is 20.1 Å². The summed E-state index contributed by atoms with van der Waals surface area (Å²) in [6.07, 6.45) is 0. The summed E-state index contributed by atoms with van der Waals surface area (Å²) in [4.78, 5) is 24.8. The molecule has 0 aliphatic carbocycles. The number of carbonyl (C=O) groups is 2. The van der Waals surface area contributed by atoms with Gasteiger partial charge in [-0.2, -0.15) is 0 Å². The third-order valence-electron chi connectivity index (χ3n) is 2.74. The minimum absolute atomic E-state index is 0.0623. The maximum Gasteiger partial charge on any atom is 0.321 e. The Bertz CT molecular complexity index is 462. The zero-order chi connectivity index (χ0) is 15.0. The second kappa shape index (κ2) is 8.29. The van der Waals surface area contributed by atoms with Crippen LogP contribution in [0.3, 0.4) is 0 Å². The topological polar surface area (TPSA) is 78.9 Å². The molecule has 1 aromatic rings. The predicted octanol–water partition coefficient (Wildman–Crippen LogP) is 1.36. The number of hydrogen-bond acceptors (Lipinski definition) is 4. The molecule has 0 aromatic heterocycles. The summed E-state index contributed by atoms with van der Waals surface area (Å²) in [6.45, 7) is 2.35. The molecule has 20 heavy (non-hydrogen) atoms. The molecule has 0 radical (unpaired) electrons. The zero-order valence-electron chi connectivity index (χ0n) is 11.8. The van der Waals surface area contributed by atoms with Gasteiger partial charge in [0.15, 0.2) is 5.78 Å². The fraction of sp³-hybridized carbons (Fsp3) is 0.429. The number of nitrogens with one attached hydrogen (secondary N) is 1. The van der Waals surface area contributed by atoms with Crippen molar-refractivity contribution in [3.63, 3.8) is 0 Å². The fourth-order valence-electron chi connectivity index (χ4n) is 1.66. The molecule has 2 amide bonds. The van der Waals surface area contributed by atoms with Gasteiger partial charge in [0, 0.05) is 31.5 Å². The van der Waals surface area contributed by atoms with Crippen LogP contribution in [0.2, 0.25) is 0 Å². The van der Waals surface area contributed by atoms with Crippen molar-refractivity contribution in [2.24, 2.45) is 0 Å². The molecule has 0 aliphatic heterocycles. The Labute approximate surface area is 118 Å². The molecule has 110 valence electrons. The van der Waals surface area contributed by atoms with E-state index in [9.17, 15) is 9.59 Å². The van der Waals surface area contributed by atoms with Gasteiger partial charge in [0.1, 0.15) is 0 Å². The average molecular weight is 280 g/mol. The molecular formula is C14H20N2O4. The number of amides is 2. The molecule has 0 atom stereocenters. The number of nitrogens with zero attached hydrogens (tertiary/aromatic N) is 1. The first kappa shape index (κ1) is 16.1. The van der Waals surface area contributed by atoms with Gasteiger partial charge in [-0.1, -0.05) is 12.1 Å². The molecule has 0 saturated carbocycles. The van der Waals surface area contributed by atoms with Crippen LogP contribution in [-0.2, 0) is 4.74 Å². The van der Waals surface area contributed by atoms with Crippen molar-refractivity contribution in [1.82, 2.24) is 4.90 Å². The first-order valence-corrected chi connectivity index (χ1v) is 6.35. The largest absolute Gasteiger partial charge is 0.395 e. The van der Waals surface area contributed by atoms with Crippen LogP contribution < -0.4 is 5.32 Å². The van der Waals surface area contributed by atoms with Crippen LogP contribution in [0.15, 0.2) is 24.3 Å². The van der Waals surface area contributed by atoms with Gasteiger partial charge >= 0.3 is 6.03 Å². The van der Waals surface area contributed by atoms with Crippen molar-refractivity contribution in [1.29, 1.82) is 0 Å². The second-order valence-electron chi connectivity index (χ2n) is 4.27. The molecule has 1 rings (SSSR count). The molecule has 0 unspecified atom stereocenters. The van der Waals surface area contributed by atoms with Gasteiger partial charge in [0.25, 0.3) is 0 Å². The number of methoxy groups -OCH3 is 1. The lowest BCUT2D eigenvalue weighted by Gasteiger charge is -2.21. The lowest BCUT2D eigenvalue weighted by Crippen LogP contribution is -2.39. The number of ketones is 1. The van der Waals surface area contributed by atoms with Crippen molar-refractivity contribution in [3.05, 3.63) is 29.8 Å². The highest BCUT2D eigenvalue weighted by Crippen LogP contribution is 2.12. The van der Waals surface area contributed by atoms with Crippen LogP contribution in [-0.4, -0.2) is 55.2 Å². The lowest BCUT2D eigenvalue weighted by molar-refractivity contribution is 0.101. The molecule has 0 heterocycles. The van der Waals surface area contributed by atoms with Gasteiger partial charge in [-0.25, -0.2) is 4.79 Å². The van der Waals surface area contributed by atoms with Crippen LogP contribution in [0.5, 0.6) is 0 Å². The monoisotopic (exact) mass is 280 g/mol. The maximum atomic E-state index is 12.1. The molecule has 0 spiro atoms. The minimum Gasteiger partial charge on any atom is -0.395 e.